The Morgan fingerprint density at radius 3 is 2.68 bits per heavy atom. The third kappa shape index (κ3) is 2.91. The van der Waals surface area contributed by atoms with Gasteiger partial charge in [-0.05, 0) is 31.2 Å². The first-order chi connectivity index (χ1) is 10.8. The van der Waals surface area contributed by atoms with E-state index in [1.807, 2.05) is 37.3 Å². The van der Waals surface area contributed by atoms with Crippen LogP contribution < -0.4 is 5.32 Å². The summed E-state index contributed by atoms with van der Waals surface area (Å²) in [6, 6.07) is 15.2. The van der Waals surface area contributed by atoms with E-state index >= 15 is 0 Å². The second-order valence-electron chi connectivity index (χ2n) is 4.74. The molecule has 106 valence electrons. The topological polar surface area (TPSA) is 74.5 Å². The molecule has 0 bridgehead atoms. The van der Waals surface area contributed by atoms with Gasteiger partial charge in [0.25, 0.3) is 0 Å². The van der Waals surface area contributed by atoms with Crippen LogP contribution in [0, 0.1) is 18.3 Å². The Morgan fingerprint density at radius 1 is 1.05 bits per heavy atom. The highest BCUT2D eigenvalue weighted by atomic mass is 15.1. The Morgan fingerprint density at radius 2 is 1.91 bits per heavy atom. The molecule has 0 fully saturated rings. The summed E-state index contributed by atoms with van der Waals surface area (Å²) in [5, 5.41) is 12.3. The van der Waals surface area contributed by atoms with Gasteiger partial charge in [-0.25, -0.2) is 9.97 Å². The van der Waals surface area contributed by atoms with E-state index in [9.17, 15) is 5.26 Å². The van der Waals surface area contributed by atoms with Gasteiger partial charge >= 0.3 is 0 Å². The molecule has 0 amide bonds. The quantitative estimate of drug-likeness (QED) is 0.798. The molecular weight excluding hydrogens is 274 g/mol. The summed E-state index contributed by atoms with van der Waals surface area (Å²) in [4.78, 5) is 12.9. The van der Waals surface area contributed by atoms with E-state index in [0.717, 1.165) is 16.9 Å². The Labute approximate surface area is 128 Å². The number of aromatic nitrogens is 3. The molecule has 1 aromatic carbocycles. The molecule has 0 spiro atoms. The van der Waals surface area contributed by atoms with Gasteiger partial charge in [0.15, 0.2) is 0 Å². The van der Waals surface area contributed by atoms with Crippen LogP contribution in [0.3, 0.4) is 0 Å². The normalized spacial score (nSPS) is 10.0. The van der Waals surface area contributed by atoms with Crippen molar-refractivity contribution in [3.8, 4) is 17.3 Å². The summed E-state index contributed by atoms with van der Waals surface area (Å²) in [6.45, 7) is 1.93. The van der Waals surface area contributed by atoms with Crippen LogP contribution in [0.15, 0.2) is 54.9 Å². The van der Waals surface area contributed by atoms with E-state index in [-0.39, 0.29) is 0 Å². The molecule has 0 aliphatic rings. The van der Waals surface area contributed by atoms with Crippen molar-refractivity contribution < 1.29 is 0 Å². The van der Waals surface area contributed by atoms with Crippen LogP contribution in [0.4, 0.5) is 11.6 Å². The molecule has 5 heteroatoms. The SMILES string of the molecule is Cc1ccc(Nc2nccc(-c3ccccc3C#N)n2)cn1. The van der Waals surface area contributed by atoms with E-state index in [2.05, 4.69) is 26.3 Å². The van der Waals surface area contributed by atoms with Crippen LogP contribution >= 0.6 is 0 Å². The fourth-order valence-electron chi connectivity index (χ4n) is 2.04. The molecule has 0 unspecified atom stereocenters. The lowest BCUT2D eigenvalue weighted by atomic mass is 10.1. The number of rotatable bonds is 3. The average Bonchev–Trinajstić information content (AvgIpc) is 2.57. The Hall–Kier alpha value is -3.26. The van der Waals surface area contributed by atoms with E-state index < -0.39 is 0 Å². The van der Waals surface area contributed by atoms with Gasteiger partial charge in [-0.15, -0.1) is 0 Å². The lowest BCUT2D eigenvalue weighted by molar-refractivity contribution is 1.15. The highest BCUT2D eigenvalue weighted by Crippen LogP contribution is 2.22. The number of hydrogen-bond acceptors (Lipinski definition) is 5. The fourth-order valence-corrected chi connectivity index (χ4v) is 2.04. The van der Waals surface area contributed by atoms with E-state index in [1.165, 1.54) is 0 Å². The standard InChI is InChI=1S/C17H13N5/c1-12-6-7-14(11-20-12)21-17-19-9-8-16(22-17)15-5-3-2-4-13(15)10-18/h2-9,11H,1H3,(H,19,21,22). The Kier molecular flexibility index (Phi) is 3.75. The predicted molar refractivity (Wildman–Crippen MR) is 84.4 cm³/mol. The maximum atomic E-state index is 9.19. The van der Waals surface area contributed by atoms with Crippen molar-refractivity contribution in [2.24, 2.45) is 0 Å². The summed E-state index contributed by atoms with van der Waals surface area (Å²) in [5.41, 5.74) is 3.84. The van der Waals surface area contributed by atoms with Crippen molar-refractivity contribution in [1.82, 2.24) is 15.0 Å². The molecule has 2 heterocycles. The number of benzene rings is 1. The molecule has 0 atom stereocenters. The van der Waals surface area contributed by atoms with Gasteiger partial charge in [0.2, 0.25) is 5.95 Å². The van der Waals surface area contributed by atoms with Crippen molar-refractivity contribution in [3.63, 3.8) is 0 Å². The van der Waals surface area contributed by atoms with Gasteiger partial charge in [0, 0.05) is 17.5 Å². The van der Waals surface area contributed by atoms with Gasteiger partial charge < -0.3 is 5.32 Å². The summed E-state index contributed by atoms with van der Waals surface area (Å²) in [5.74, 6) is 0.468. The molecule has 0 radical (unpaired) electrons. The van der Waals surface area contributed by atoms with Gasteiger partial charge in [-0.2, -0.15) is 5.26 Å². The highest BCUT2D eigenvalue weighted by Gasteiger charge is 2.07. The fraction of sp³-hybridized carbons (Fsp3) is 0.0588. The molecule has 5 nitrogen and oxygen atoms in total. The average molecular weight is 287 g/mol. The van der Waals surface area contributed by atoms with Crippen LogP contribution in [0.25, 0.3) is 11.3 Å². The summed E-state index contributed by atoms with van der Waals surface area (Å²) >= 11 is 0. The second kappa shape index (κ2) is 6.02. The van der Waals surface area contributed by atoms with Gasteiger partial charge in [-0.1, -0.05) is 18.2 Å². The number of nitrogens with one attached hydrogen (secondary N) is 1. The highest BCUT2D eigenvalue weighted by molar-refractivity contribution is 5.68. The first-order valence-electron chi connectivity index (χ1n) is 6.78. The maximum absolute atomic E-state index is 9.19. The van der Waals surface area contributed by atoms with Gasteiger partial charge in [0.1, 0.15) is 0 Å². The molecule has 0 saturated heterocycles. The van der Waals surface area contributed by atoms with Crippen LogP contribution in [-0.2, 0) is 0 Å². The monoisotopic (exact) mass is 287 g/mol. The van der Waals surface area contributed by atoms with E-state index in [4.69, 9.17) is 0 Å². The number of aryl methyl sites for hydroxylation is 1. The molecule has 2 aromatic heterocycles. The van der Waals surface area contributed by atoms with Crippen LogP contribution in [-0.4, -0.2) is 15.0 Å². The zero-order valence-electron chi connectivity index (χ0n) is 12.0. The molecule has 3 rings (SSSR count). The zero-order valence-corrected chi connectivity index (χ0v) is 12.0. The second-order valence-corrected chi connectivity index (χ2v) is 4.74. The van der Waals surface area contributed by atoms with Gasteiger partial charge in [0.05, 0.1) is 29.2 Å². The van der Waals surface area contributed by atoms with E-state index in [1.54, 1.807) is 24.5 Å². The van der Waals surface area contributed by atoms with Crippen molar-refractivity contribution in [2.75, 3.05) is 5.32 Å². The number of pyridine rings is 1. The number of hydrogen-bond donors (Lipinski definition) is 1. The number of nitriles is 1. The first kappa shape index (κ1) is 13.7. The minimum Gasteiger partial charge on any atom is -0.323 e. The van der Waals surface area contributed by atoms with Crippen LogP contribution in [0.5, 0.6) is 0 Å². The van der Waals surface area contributed by atoms with Gasteiger partial charge in [-0.3, -0.25) is 4.98 Å². The zero-order chi connectivity index (χ0) is 15.4. The predicted octanol–water partition coefficient (Wildman–Crippen LogP) is 3.46. The largest absolute Gasteiger partial charge is 0.323 e. The molecule has 0 aliphatic heterocycles. The molecule has 0 saturated carbocycles. The van der Waals surface area contributed by atoms with Crippen molar-refractivity contribution in [2.45, 2.75) is 6.92 Å². The van der Waals surface area contributed by atoms with Crippen molar-refractivity contribution in [3.05, 3.63) is 66.1 Å². The molecule has 3 aromatic rings. The minimum atomic E-state index is 0.468. The molecule has 1 N–H and O–H groups in total. The summed E-state index contributed by atoms with van der Waals surface area (Å²) < 4.78 is 0. The molecular formula is C17H13N5. The lowest BCUT2D eigenvalue weighted by Gasteiger charge is -2.07. The Balaban J connectivity index is 1.93. The van der Waals surface area contributed by atoms with E-state index in [0.29, 0.717) is 17.2 Å². The lowest BCUT2D eigenvalue weighted by Crippen LogP contribution is -1.99. The van der Waals surface area contributed by atoms with Crippen molar-refractivity contribution in [1.29, 1.82) is 5.26 Å². The summed E-state index contributed by atoms with van der Waals surface area (Å²) in [6.07, 6.45) is 3.40. The smallest absolute Gasteiger partial charge is 0.227 e. The summed E-state index contributed by atoms with van der Waals surface area (Å²) in [7, 11) is 0. The number of nitrogens with zero attached hydrogens (tertiary/aromatic N) is 4. The van der Waals surface area contributed by atoms with Crippen molar-refractivity contribution >= 4 is 11.6 Å². The minimum absolute atomic E-state index is 0.468. The molecule has 22 heavy (non-hydrogen) atoms. The van der Waals surface area contributed by atoms with Crippen LogP contribution in [0.2, 0.25) is 0 Å². The number of anilines is 2. The van der Waals surface area contributed by atoms with Crippen LogP contribution in [0.1, 0.15) is 11.3 Å². The third-order valence-electron chi connectivity index (χ3n) is 3.15. The maximum Gasteiger partial charge on any atom is 0.227 e. The Bertz CT molecular complexity index is 834. The molecule has 0 aliphatic carbocycles. The first-order valence-corrected chi connectivity index (χ1v) is 6.78. The third-order valence-corrected chi connectivity index (χ3v) is 3.15.